The molecule has 0 amide bonds. The lowest BCUT2D eigenvalue weighted by Gasteiger charge is -2.39. The van der Waals surface area contributed by atoms with Crippen molar-refractivity contribution in [2.75, 3.05) is 0 Å². The normalized spacial score (nSPS) is 26.4. The standard InChI is InChI=1S/C27H40O5/c1-16(2)11-10-13-26(9,31)19-15-27(14-12-17(3)4)23(32-19)20(21(28)18(5)6)22(29)25(7,8)24(27)30/h11-12,18-19,31H,10,13-15H2,1-9H3/t19-,26+,27-/m1/s1. The third-order valence-corrected chi connectivity index (χ3v) is 6.78. The highest BCUT2D eigenvalue weighted by atomic mass is 16.5. The summed E-state index contributed by atoms with van der Waals surface area (Å²) in [6, 6.07) is 0. The molecule has 1 aliphatic carbocycles. The largest absolute Gasteiger partial charge is 0.490 e. The van der Waals surface area contributed by atoms with Gasteiger partial charge in [-0.15, -0.1) is 0 Å². The van der Waals surface area contributed by atoms with Crippen LogP contribution in [0.1, 0.15) is 88.0 Å². The quantitative estimate of drug-likeness (QED) is 0.313. The Morgan fingerprint density at radius 2 is 1.72 bits per heavy atom. The fraction of sp³-hybridized carbons (Fsp3) is 0.667. The second-order valence-corrected chi connectivity index (χ2v) is 11.1. The molecule has 1 N–H and O–H groups in total. The molecule has 0 aromatic rings. The first-order valence-electron chi connectivity index (χ1n) is 11.6. The molecule has 5 nitrogen and oxygen atoms in total. The molecule has 178 valence electrons. The number of carbonyl (C=O) groups excluding carboxylic acids is 3. The van der Waals surface area contributed by atoms with Crippen molar-refractivity contribution in [3.8, 4) is 0 Å². The van der Waals surface area contributed by atoms with E-state index in [2.05, 4.69) is 6.08 Å². The fourth-order valence-electron chi connectivity index (χ4n) is 4.64. The van der Waals surface area contributed by atoms with Gasteiger partial charge in [0.05, 0.1) is 16.4 Å². The Morgan fingerprint density at radius 3 is 2.22 bits per heavy atom. The zero-order chi connectivity index (χ0) is 24.6. The summed E-state index contributed by atoms with van der Waals surface area (Å²) < 4.78 is 6.26. The van der Waals surface area contributed by atoms with Gasteiger partial charge in [-0.1, -0.05) is 37.1 Å². The number of carbonyl (C=O) groups is 3. The van der Waals surface area contributed by atoms with Gasteiger partial charge < -0.3 is 9.84 Å². The zero-order valence-electron chi connectivity index (χ0n) is 21.2. The van der Waals surface area contributed by atoms with Crippen molar-refractivity contribution in [1.82, 2.24) is 0 Å². The summed E-state index contributed by atoms with van der Waals surface area (Å²) in [5.41, 5.74) is -1.46. The van der Waals surface area contributed by atoms with E-state index in [0.717, 1.165) is 11.1 Å². The maximum atomic E-state index is 13.8. The second-order valence-electron chi connectivity index (χ2n) is 11.1. The molecule has 2 rings (SSSR count). The summed E-state index contributed by atoms with van der Waals surface area (Å²) in [5, 5.41) is 11.3. The molecule has 0 unspecified atom stereocenters. The van der Waals surface area contributed by atoms with Crippen molar-refractivity contribution in [1.29, 1.82) is 0 Å². The third kappa shape index (κ3) is 4.68. The number of rotatable bonds is 8. The zero-order valence-corrected chi connectivity index (χ0v) is 21.2. The van der Waals surface area contributed by atoms with Crippen molar-refractivity contribution in [2.24, 2.45) is 16.7 Å². The van der Waals surface area contributed by atoms with E-state index >= 15 is 0 Å². The summed E-state index contributed by atoms with van der Waals surface area (Å²) in [5.74, 6) is -1.25. The summed E-state index contributed by atoms with van der Waals surface area (Å²) in [6.07, 6.45) is 5.05. The number of Topliss-reactive ketones (excluding diaryl/α,β-unsaturated/α-hetero) is 3. The maximum Gasteiger partial charge on any atom is 0.182 e. The van der Waals surface area contributed by atoms with E-state index in [1.54, 1.807) is 34.6 Å². The van der Waals surface area contributed by atoms with Gasteiger partial charge in [0, 0.05) is 12.3 Å². The molecule has 0 spiro atoms. The minimum Gasteiger partial charge on any atom is -0.490 e. The first kappa shape index (κ1) is 26.2. The summed E-state index contributed by atoms with van der Waals surface area (Å²) in [4.78, 5) is 40.4. The molecular weight excluding hydrogens is 404 g/mol. The lowest BCUT2D eigenvalue weighted by atomic mass is 9.58. The predicted octanol–water partition coefficient (Wildman–Crippen LogP) is 5.27. The van der Waals surface area contributed by atoms with E-state index in [-0.39, 0.29) is 29.3 Å². The Balaban J connectivity index is 2.68. The van der Waals surface area contributed by atoms with Crippen molar-refractivity contribution in [2.45, 2.75) is 99.7 Å². The molecular formula is C27H40O5. The highest BCUT2D eigenvalue weighted by Gasteiger charge is 2.64. The number of hydrogen-bond donors (Lipinski definition) is 1. The number of allylic oxidation sites excluding steroid dienone is 6. The average molecular weight is 445 g/mol. The molecule has 0 aromatic carbocycles. The van der Waals surface area contributed by atoms with Gasteiger partial charge in [-0.2, -0.15) is 0 Å². The summed E-state index contributed by atoms with van der Waals surface area (Å²) >= 11 is 0. The van der Waals surface area contributed by atoms with E-state index in [1.807, 2.05) is 33.8 Å². The lowest BCUT2D eigenvalue weighted by molar-refractivity contribution is -0.145. The highest BCUT2D eigenvalue weighted by molar-refractivity contribution is 6.31. The van der Waals surface area contributed by atoms with Crippen LogP contribution in [0.2, 0.25) is 0 Å². The molecule has 1 saturated heterocycles. The Hall–Kier alpha value is -2.01. The monoisotopic (exact) mass is 444 g/mol. The maximum absolute atomic E-state index is 13.8. The molecule has 1 aliphatic heterocycles. The molecule has 0 bridgehead atoms. The van der Waals surface area contributed by atoms with E-state index in [9.17, 15) is 19.5 Å². The van der Waals surface area contributed by atoms with Crippen LogP contribution < -0.4 is 0 Å². The van der Waals surface area contributed by atoms with Gasteiger partial charge in [0.1, 0.15) is 17.4 Å². The molecule has 0 radical (unpaired) electrons. The lowest BCUT2D eigenvalue weighted by Crippen LogP contribution is -2.51. The smallest absolute Gasteiger partial charge is 0.182 e. The summed E-state index contributed by atoms with van der Waals surface area (Å²) in [7, 11) is 0. The molecule has 32 heavy (non-hydrogen) atoms. The fourth-order valence-corrected chi connectivity index (χ4v) is 4.64. The first-order chi connectivity index (χ1) is 14.6. The van der Waals surface area contributed by atoms with Crippen LogP contribution in [0, 0.1) is 16.7 Å². The Labute approximate surface area is 193 Å². The second kappa shape index (κ2) is 9.09. The Kier molecular flexibility index (Phi) is 7.45. The molecule has 0 saturated carbocycles. The number of aliphatic hydroxyl groups is 1. The number of fused-ring (bicyclic) bond motifs is 1. The van der Waals surface area contributed by atoms with E-state index in [1.165, 1.54) is 0 Å². The van der Waals surface area contributed by atoms with Crippen molar-refractivity contribution in [3.63, 3.8) is 0 Å². The molecule has 1 heterocycles. The van der Waals surface area contributed by atoms with Gasteiger partial charge >= 0.3 is 0 Å². The molecule has 0 aromatic heterocycles. The van der Waals surface area contributed by atoms with Crippen LogP contribution in [0.15, 0.2) is 34.6 Å². The summed E-state index contributed by atoms with van der Waals surface area (Å²) in [6.45, 7) is 16.3. The van der Waals surface area contributed by atoms with Crippen molar-refractivity contribution < 1.29 is 24.2 Å². The van der Waals surface area contributed by atoms with E-state index in [4.69, 9.17) is 4.74 Å². The van der Waals surface area contributed by atoms with Crippen LogP contribution in [-0.4, -0.2) is 34.2 Å². The van der Waals surface area contributed by atoms with E-state index in [0.29, 0.717) is 19.3 Å². The first-order valence-corrected chi connectivity index (χ1v) is 11.6. The highest BCUT2D eigenvalue weighted by Crippen LogP contribution is 2.56. The van der Waals surface area contributed by atoms with Crippen LogP contribution in [-0.2, 0) is 19.1 Å². The Morgan fingerprint density at radius 1 is 1.16 bits per heavy atom. The van der Waals surface area contributed by atoms with Crippen molar-refractivity contribution in [3.05, 3.63) is 34.6 Å². The van der Waals surface area contributed by atoms with Crippen LogP contribution in [0.4, 0.5) is 0 Å². The number of ketones is 3. The molecule has 3 atom stereocenters. The van der Waals surface area contributed by atoms with E-state index < -0.39 is 34.2 Å². The van der Waals surface area contributed by atoms with Gasteiger partial charge in [-0.05, 0) is 67.7 Å². The molecule has 5 heteroatoms. The SMILES string of the molecule is CC(C)=CCC[C@](C)(O)[C@H]1C[C@@]2(CC=C(C)C)C(=O)C(C)(C)C(=O)C(C(=O)C(C)C)=C2O1. The number of hydrogen-bond acceptors (Lipinski definition) is 5. The minimum atomic E-state index is -1.33. The van der Waals surface area contributed by atoms with Crippen LogP contribution in [0.25, 0.3) is 0 Å². The Bertz CT molecular complexity index is 889. The van der Waals surface area contributed by atoms with Gasteiger partial charge in [-0.25, -0.2) is 0 Å². The van der Waals surface area contributed by atoms with Gasteiger partial charge in [0.25, 0.3) is 0 Å². The topological polar surface area (TPSA) is 80.7 Å². The average Bonchev–Trinajstić information content (AvgIpc) is 3.06. The van der Waals surface area contributed by atoms with Crippen molar-refractivity contribution >= 4 is 17.3 Å². The van der Waals surface area contributed by atoms with Crippen LogP contribution >= 0.6 is 0 Å². The minimum absolute atomic E-state index is 0.00866. The van der Waals surface area contributed by atoms with Gasteiger partial charge in [0.2, 0.25) is 0 Å². The molecule has 2 aliphatic rings. The van der Waals surface area contributed by atoms with Gasteiger partial charge in [0.15, 0.2) is 17.3 Å². The third-order valence-electron chi connectivity index (χ3n) is 6.78. The molecule has 1 fully saturated rings. The predicted molar refractivity (Wildman–Crippen MR) is 126 cm³/mol. The van der Waals surface area contributed by atoms with Crippen LogP contribution in [0.5, 0.6) is 0 Å². The van der Waals surface area contributed by atoms with Crippen LogP contribution in [0.3, 0.4) is 0 Å². The number of ether oxygens (including phenoxy) is 1. The van der Waals surface area contributed by atoms with Gasteiger partial charge in [-0.3, -0.25) is 14.4 Å².